The lowest BCUT2D eigenvalue weighted by molar-refractivity contribution is 0.626. The molecule has 1 atom stereocenters. The highest BCUT2D eigenvalue weighted by molar-refractivity contribution is 7.99. The summed E-state index contributed by atoms with van der Waals surface area (Å²) in [6.07, 6.45) is 3.57. The maximum atomic E-state index is 4.53. The topological polar surface area (TPSA) is 37.8 Å². The Hall–Kier alpha value is -0.290. The molecule has 1 N–H and O–H groups in total. The summed E-state index contributed by atoms with van der Waals surface area (Å²) in [7, 11) is 0. The number of rotatable bonds is 4. The van der Waals surface area contributed by atoms with Crippen molar-refractivity contribution in [3.63, 3.8) is 0 Å². The molecule has 0 aliphatic carbocycles. The van der Waals surface area contributed by atoms with E-state index in [1.807, 2.05) is 11.8 Å². The lowest BCUT2D eigenvalue weighted by Gasteiger charge is -2.21. The van der Waals surface area contributed by atoms with Crippen LogP contribution in [0.5, 0.6) is 0 Å². The third-order valence-electron chi connectivity index (χ3n) is 2.55. The molecule has 0 amide bonds. The summed E-state index contributed by atoms with van der Waals surface area (Å²) < 4.78 is 4.38. The number of aromatic nitrogens is 2. The van der Waals surface area contributed by atoms with Crippen molar-refractivity contribution in [2.24, 2.45) is 5.92 Å². The first-order chi connectivity index (χ1) is 7.74. The fourth-order valence-corrected chi connectivity index (χ4v) is 3.53. The first kappa shape index (κ1) is 12.2. The minimum absolute atomic E-state index is 0.596. The average Bonchev–Trinajstić information content (AvgIpc) is 2.66. The van der Waals surface area contributed by atoms with E-state index in [9.17, 15) is 0 Å². The van der Waals surface area contributed by atoms with Gasteiger partial charge in [0.05, 0.1) is 0 Å². The van der Waals surface area contributed by atoms with Gasteiger partial charge >= 0.3 is 0 Å². The van der Waals surface area contributed by atoms with E-state index in [1.54, 1.807) is 0 Å². The van der Waals surface area contributed by atoms with Crippen molar-refractivity contribution in [1.82, 2.24) is 9.36 Å². The Kier molecular flexibility index (Phi) is 4.46. The maximum absolute atomic E-state index is 4.53. The molecule has 1 aliphatic rings. The van der Waals surface area contributed by atoms with Crippen molar-refractivity contribution in [2.45, 2.75) is 39.2 Å². The zero-order chi connectivity index (χ0) is 11.4. The first-order valence-electron chi connectivity index (χ1n) is 5.91. The Morgan fingerprint density at radius 3 is 3.06 bits per heavy atom. The van der Waals surface area contributed by atoms with E-state index in [0.717, 1.165) is 17.4 Å². The van der Waals surface area contributed by atoms with Gasteiger partial charge in [-0.2, -0.15) is 16.1 Å². The smallest absolute Gasteiger partial charge is 0.202 e. The molecule has 16 heavy (non-hydrogen) atoms. The van der Waals surface area contributed by atoms with Crippen molar-refractivity contribution in [1.29, 1.82) is 0 Å². The fraction of sp³-hybridized carbons (Fsp3) is 0.818. The van der Waals surface area contributed by atoms with E-state index in [1.165, 1.54) is 35.9 Å². The molecule has 2 rings (SSSR count). The summed E-state index contributed by atoms with van der Waals surface area (Å²) in [6.45, 7) is 4.40. The van der Waals surface area contributed by atoms with Gasteiger partial charge in [0.1, 0.15) is 5.82 Å². The van der Waals surface area contributed by atoms with Gasteiger partial charge in [-0.05, 0) is 24.5 Å². The zero-order valence-corrected chi connectivity index (χ0v) is 11.5. The van der Waals surface area contributed by atoms with Gasteiger partial charge in [-0.15, -0.1) is 0 Å². The van der Waals surface area contributed by atoms with Crippen LogP contribution < -0.4 is 5.32 Å². The summed E-state index contributed by atoms with van der Waals surface area (Å²) >= 11 is 3.54. The molecule has 0 radical (unpaired) electrons. The highest BCUT2D eigenvalue weighted by atomic mass is 32.2. The molecule has 1 unspecified atom stereocenters. The van der Waals surface area contributed by atoms with E-state index in [4.69, 9.17) is 0 Å². The molecule has 0 spiro atoms. The van der Waals surface area contributed by atoms with Gasteiger partial charge < -0.3 is 5.32 Å². The van der Waals surface area contributed by atoms with Crippen LogP contribution in [0.3, 0.4) is 0 Å². The second kappa shape index (κ2) is 5.87. The van der Waals surface area contributed by atoms with Crippen molar-refractivity contribution in [3.05, 3.63) is 5.82 Å². The monoisotopic (exact) mass is 257 g/mol. The van der Waals surface area contributed by atoms with Crippen LogP contribution in [0, 0.1) is 5.92 Å². The van der Waals surface area contributed by atoms with Gasteiger partial charge in [0.15, 0.2) is 0 Å². The predicted molar refractivity (Wildman–Crippen MR) is 72.4 cm³/mol. The lowest BCUT2D eigenvalue weighted by Crippen LogP contribution is -2.25. The van der Waals surface area contributed by atoms with Crippen molar-refractivity contribution in [2.75, 3.05) is 16.8 Å². The Labute approximate surface area is 106 Å². The van der Waals surface area contributed by atoms with Gasteiger partial charge in [0.25, 0.3) is 0 Å². The fourth-order valence-electron chi connectivity index (χ4n) is 1.79. The van der Waals surface area contributed by atoms with Gasteiger partial charge in [-0.3, -0.25) is 0 Å². The van der Waals surface area contributed by atoms with Crippen LogP contribution in [0.2, 0.25) is 0 Å². The van der Waals surface area contributed by atoms with Crippen molar-refractivity contribution >= 4 is 28.4 Å². The summed E-state index contributed by atoms with van der Waals surface area (Å²) in [4.78, 5) is 4.53. The Morgan fingerprint density at radius 1 is 1.50 bits per heavy atom. The van der Waals surface area contributed by atoms with E-state index in [0.29, 0.717) is 12.0 Å². The lowest BCUT2D eigenvalue weighted by atomic mass is 10.1. The van der Waals surface area contributed by atoms with Gasteiger partial charge in [0, 0.05) is 29.7 Å². The minimum Gasteiger partial charge on any atom is -0.357 e. The number of anilines is 1. The van der Waals surface area contributed by atoms with E-state index in [2.05, 4.69) is 28.5 Å². The molecule has 90 valence electrons. The SMILES string of the molecule is CC(C)Cc1nsc(NC2CCCSC2)n1. The maximum Gasteiger partial charge on any atom is 0.202 e. The molecule has 0 bridgehead atoms. The number of nitrogens with zero attached hydrogens (tertiary/aromatic N) is 2. The Bertz CT molecular complexity index is 319. The average molecular weight is 257 g/mol. The van der Waals surface area contributed by atoms with Crippen LogP contribution in [-0.2, 0) is 6.42 Å². The first-order valence-corrected chi connectivity index (χ1v) is 7.83. The number of hydrogen-bond acceptors (Lipinski definition) is 5. The zero-order valence-electron chi connectivity index (χ0n) is 9.90. The summed E-state index contributed by atoms with van der Waals surface area (Å²) in [5, 5.41) is 4.50. The normalized spacial score (nSPS) is 21.3. The molecule has 1 saturated heterocycles. The van der Waals surface area contributed by atoms with Crippen LogP contribution in [-0.4, -0.2) is 26.9 Å². The molecular weight excluding hydrogens is 238 g/mol. The molecule has 1 aromatic rings. The predicted octanol–water partition coefficient (Wildman–Crippen LogP) is 3.04. The largest absolute Gasteiger partial charge is 0.357 e. The van der Waals surface area contributed by atoms with Crippen LogP contribution in [0.15, 0.2) is 0 Å². The highest BCUT2D eigenvalue weighted by Gasteiger charge is 2.15. The van der Waals surface area contributed by atoms with Gasteiger partial charge in [-0.1, -0.05) is 13.8 Å². The molecule has 5 heteroatoms. The number of hydrogen-bond donors (Lipinski definition) is 1. The Morgan fingerprint density at radius 2 is 2.38 bits per heavy atom. The van der Waals surface area contributed by atoms with Crippen LogP contribution in [0.25, 0.3) is 0 Å². The van der Waals surface area contributed by atoms with Crippen LogP contribution in [0.4, 0.5) is 5.13 Å². The Balaban J connectivity index is 1.86. The molecule has 1 aliphatic heterocycles. The second-order valence-corrected chi connectivity index (χ2v) is 6.57. The molecule has 1 aromatic heterocycles. The minimum atomic E-state index is 0.596. The summed E-state index contributed by atoms with van der Waals surface area (Å²) in [5.74, 6) is 4.14. The van der Waals surface area contributed by atoms with Crippen LogP contribution >= 0.6 is 23.3 Å². The molecule has 1 fully saturated rings. The van der Waals surface area contributed by atoms with E-state index in [-0.39, 0.29) is 0 Å². The third-order valence-corrected chi connectivity index (χ3v) is 4.45. The summed E-state index contributed by atoms with van der Waals surface area (Å²) in [5.41, 5.74) is 0. The molecule has 0 aromatic carbocycles. The third kappa shape index (κ3) is 3.63. The molecule has 3 nitrogen and oxygen atoms in total. The molecule has 2 heterocycles. The summed E-state index contributed by atoms with van der Waals surface area (Å²) in [6, 6.07) is 0.596. The van der Waals surface area contributed by atoms with Gasteiger partial charge in [-0.25, -0.2) is 4.98 Å². The quantitative estimate of drug-likeness (QED) is 0.899. The van der Waals surface area contributed by atoms with E-state index < -0.39 is 0 Å². The highest BCUT2D eigenvalue weighted by Crippen LogP contribution is 2.22. The number of thioether (sulfide) groups is 1. The number of nitrogens with one attached hydrogen (secondary N) is 1. The molecular formula is C11H19N3S2. The van der Waals surface area contributed by atoms with Crippen LogP contribution in [0.1, 0.15) is 32.5 Å². The van der Waals surface area contributed by atoms with Crippen molar-refractivity contribution in [3.8, 4) is 0 Å². The van der Waals surface area contributed by atoms with Gasteiger partial charge in [0.2, 0.25) is 5.13 Å². The standard InChI is InChI=1S/C11H19N3S2/c1-8(2)6-10-13-11(16-14-10)12-9-4-3-5-15-7-9/h8-9H,3-7H2,1-2H3,(H,12,13,14). The second-order valence-electron chi connectivity index (χ2n) is 4.67. The van der Waals surface area contributed by atoms with Crippen molar-refractivity contribution < 1.29 is 0 Å². The molecule has 0 saturated carbocycles. The van der Waals surface area contributed by atoms with E-state index >= 15 is 0 Å².